The topological polar surface area (TPSA) is 37.8 Å². The molecule has 0 fully saturated rings. The van der Waals surface area contributed by atoms with E-state index in [1.54, 1.807) is 4.68 Å². The second-order valence-electron chi connectivity index (χ2n) is 5.73. The molecule has 0 aliphatic carbocycles. The molecule has 1 N–H and O–H groups in total. The predicted molar refractivity (Wildman–Crippen MR) is 79.4 cm³/mol. The van der Waals surface area contributed by atoms with Gasteiger partial charge in [0.15, 0.2) is 0 Å². The molecule has 2 rings (SSSR count). The van der Waals surface area contributed by atoms with E-state index in [-0.39, 0.29) is 5.56 Å². The molecule has 0 unspecified atom stereocenters. The number of rotatable bonds is 4. The third-order valence-electron chi connectivity index (χ3n) is 3.17. The van der Waals surface area contributed by atoms with Gasteiger partial charge in [-0.1, -0.05) is 58.0 Å². The molecule has 0 aliphatic heterocycles. The van der Waals surface area contributed by atoms with Gasteiger partial charge in [-0.2, -0.15) is 0 Å². The summed E-state index contributed by atoms with van der Waals surface area (Å²) >= 11 is 0. The maximum absolute atomic E-state index is 12.6. The first kappa shape index (κ1) is 13.7. The normalized spacial score (nSPS) is 11.5. The van der Waals surface area contributed by atoms with Crippen LogP contribution in [0, 0.1) is 5.92 Å². The molecule has 0 saturated heterocycles. The fourth-order valence-electron chi connectivity index (χ4n) is 2.30. The van der Waals surface area contributed by atoms with Crippen LogP contribution in [0.2, 0.25) is 0 Å². The van der Waals surface area contributed by atoms with E-state index in [1.807, 2.05) is 30.3 Å². The average molecular weight is 258 g/mol. The van der Waals surface area contributed by atoms with E-state index in [4.69, 9.17) is 0 Å². The molecule has 2 aromatic rings. The minimum atomic E-state index is 0.0867. The van der Waals surface area contributed by atoms with Crippen LogP contribution >= 0.6 is 0 Å². The summed E-state index contributed by atoms with van der Waals surface area (Å²) in [6, 6.07) is 9.90. The highest BCUT2D eigenvalue weighted by atomic mass is 16.1. The number of nitrogens with one attached hydrogen (secondary N) is 1. The van der Waals surface area contributed by atoms with Crippen LogP contribution in [0.1, 0.15) is 39.3 Å². The monoisotopic (exact) mass is 258 g/mol. The Morgan fingerprint density at radius 1 is 1.11 bits per heavy atom. The number of hydrogen-bond donors (Lipinski definition) is 1. The summed E-state index contributed by atoms with van der Waals surface area (Å²) in [6.07, 6.45) is 0. The largest absolute Gasteiger partial charge is 0.299 e. The first-order chi connectivity index (χ1) is 9.00. The van der Waals surface area contributed by atoms with Crippen molar-refractivity contribution in [1.82, 2.24) is 9.78 Å². The molecule has 0 atom stereocenters. The molecule has 3 nitrogen and oxygen atoms in total. The van der Waals surface area contributed by atoms with Crippen molar-refractivity contribution >= 4 is 0 Å². The van der Waals surface area contributed by atoms with Crippen LogP contribution < -0.4 is 5.56 Å². The number of benzene rings is 1. The summed E-state index contributed by atoms with van der Waals surface area (Å²) in [5.74, 6) is 0.747. The molecule has 0 amide bonds. The Kier molecular flexibility index (Phi) is 3.93. The van der Waals surface area contributed by atoms with Crippen molar-refractivity contribution in [3.05, 3.63) is 46.4 Å². The minimum absolute atomic E-state index is 0.0867. The van der Waals surface area contributed by atoms with Crippen molar-refractivity contribution in [2.24, 2.45) is 5.92 Å². The van der Waals surface area contributed by atoms with E-state index in [9.17, 15) is 4.79 Å². The van der Waals surface area contributed by atoms with Crippen LogP contribution in [-0.2, 0) is 6.54 Å². The molecule has 19 heavy (non-hydrogen) atoms. The summed E-state index contributed by atoms with van der Waals surface area (Å²) < 4.78 is 1.74. The Hall–Kier alpha value is -1.77. The number of aromatic amines is 1. The Morgan fingerprint density at radius 3 is 2.26 bits per heavy atom. The highest BCUT2D eigenvalue weighted by molar-refractivity contribution is 5.65. The van der Waals surface area contributed by atoms with E-state index in [0.29, 0.717) is 11.8 Å². The SMILES string of the molecule is CC(C)Cn1[nH]c(C(C)C)c(-c2ccccc2)c1=O. The maximum atomic E-state index is 12.6. The van der Waals surface area contributed by atoms with Gasteiger partial charge in [-0.25, -0.2) is 0 Å². The van der Waals surface area contributed by atoms with Gasteiger partial charge in [0, 0.05) is 12.2 Å². The van der Waals surface area contributed by atoms with Crippen LogP contribution in [0.4, 0.5) is 0 Å². The van der Waals surface area contributed by atoms with Gasteiger partial charge in [-0.05, 0) is 17.4 Å². The Morgan fingerprint density at radius 2 is 1.74 bits per heavy atom. The second kappa shape index (κ2) is 5.47. The lowest BCUT2D eigenvalue weighted by molar-refractivity contribution is 0.468. The number of aromatic nitrogens is 2. The van der Waals surface area contributed by atoms with Crippen molar-refractivity contribution in [1.29, 1.82) is 0 Å². The zero-order chi connectivity index (χ0) is 14.0. The van der Waals surface area contributed by atoms with Crippen LogP contribution in [0.5, 0.6) is 0 Å². The summed E-state index contributed by atoms with van der Waals surface area (Å²) in [5, 5.41) is 3.28. The highest BCUT2D eigenvalue weighted by Crippen LogP contribution is 2.24. The molecule has 0 radical (unpaired) electrons. The summed E-state index contributed by atoms with van der Waals surface area (Å²) in [5.41, 5.74) is 2.92. The zero-order valence-electron chi connectivity index (χ0n) is 12.1. The van der Waals surface area contributed by atoms with E-state index < -0.39 is 0 Å². The lowest BCUT2D eigenvalue weighted by Gasteiger charge is -2.06. The number of nitrogens with zero attached hydrogens (tertiary/aromatic N) is 1. The Balaban J connectivity index is 2.59. The maximum Gasteiger partial charge on any atom is 0.274 e. The molecule has 0 spiro atoms. The van der Waals surface area contributed by atoms with Crippen molar-refractivity contribution in [2.45, 2.75) is 40.2 Å². The van der Waals surface area contributed by atoms with Gasteiger partial charge >= 0.3 is 0 Å². The van der Waals surface area contributed by atoms with Gasteiger partial charge in [0.25, 0.3) is 5.56 Å². The van der Waals surface area contributed by atoms with Gasteiger partial charge in [0.05, 0.1) is 5.56 Å². The molecule has 0 bridgehead atoms. The van der Waals surface area contributed by atoms with Gasteiger partial charge in [0.2, 0.25) is 0 Å². The van der Waals surface area contributed by atoms with E-state index in [2.05, 4.69) is 32.8 Å². The fraction of sp³-hybridized carbons (Fsp3) is 0.438. The Bertz CT molecular complexity index is 591. The van der Waals surface area contributed by atoms with Gasteiger partial charge in [-0.3, -0.25) is 14.6 Å². The third-order valence-corrected chi connectivity index (χ3v) is 3.17. The van der Waals surface area contributed by atoms with E-state index in [0.717, 1.165) is 23.4 Å². The van der Waals surface area contributed by atoms with Crippen molar-refractivity contribution in [3.8, 4) is 11.1 Å². The van der Waals surface area contributed by atoms with Gasteiger partial charge < -0.3 is 0 Å². The zero-order valence-corrected chi connectivity index (χ0v) is 12.1. The van der Waals surface area contributed by atoms with E-state index in [1.165, 1.54) is 0 Å². The molecule has 1 aromatic carbocycles. The predicted octanol–water partition coefficient (Wildman–Crippen LogP) is 3.62. The quantitative estimate of drug-likeness (QED) is 0.893. The molecular weight excluding hydrogens is 236 g/mol. The molecule has 1 heterocycles. The Labute approximate surface area is 114 Å². The summed E-state index contributed by atoms with van der Waals surface area (Å²) in [7, 11) is 0. The fourth-order valence-corrected chi connectivity index (χ4v) is 2.30. The molecular formula is C16H22N2O. The first-order valence-corrected chi connectivity index (χ1v) is 6.88. The van der Waals surface area contributed by atoms with E-state index >= 15 is 0 Å². The lowest BCUT2D eigenvalue weighted by atomic mass is 10.00. The van der Waals surface area contributed by atoms with Crippen LogP contribution in [0.3, 0.4) is 0 Å². The highest BCUT2D eigenvalue weighted by Gasteiger charge is 2.18. The molecule has 3 heteroatoms. The van der Waals surface area contributed by atoms with Crippen LogP contribution in [0.15, 0.2) is 35.1 Å². The van der Waals surface area contributed by atoms with Crippen LogP contribution in [-0.4, -0.2) is 9.78 Å². The average Bonchev–Trinajstić information content (AvgIpc) is 2.67. The van der Waals surface area contributed by atoms with Crippen molar-refractivity contribution in [3.63, 3.8) is 0 Å². The minimum Gasteiger partial charge on any atom is -0.299 e. The molecule has 0 aliphatic rings. The van der Waals surface area contributed by atoms with Crippen molar-refractivity contribution < 1.29 is 0 Å². The second-order valence-corrected chi connectivity index (χ2v) is 5.73. The molecule has 102 valence electrons. The lowest BCUT2D eigenvalue weighted by Crippen LogP contribution is -2.20. The first-order valence-electron chi connectivity index (χ1n) is 6.88. The van der Waals surface area contributed by atoms with Gasteiger partial charge in [0.1, 0.15) is 0 Å². The number of hydrogen-bond acceptors (Lipinski definition) is 1. The number of H-pyrrole nitrogens is 1. The summed E-state index contributed by atoms with van der Waals surface area (Å²) in [6.45, 7) is 9.18. The van der Waals surface area contributed by atoms with Crippen LogP contribution in [0.25, 0.3) is 11.1 Å². The third kappa shape index (κ3) is 2.80. The standard InChI is InChI=1S/C16H22N2O/c1-11(2)10-18-16(19)14(15(17-18)12(3)4)13-8-6-5-7-9-13/h5-9,11-12,17H,10H2,1-4H3. The molecule has 1 aromatic heterocycles. The van der Waals surface area contributed by atoms with Crippen molar-refractivity contribution in [2.75, 3.05) is 0 Å². The molecule has 0 saturated carbocycles. The van der Waals surface area contributed by atoms with Gasteiger partial charge in [-0.15, -0.1) is 0 Å². The summed E-state index contributed by atoms with van der Waals surface area (Å²) in [4.78, 5) is 12.6. The smallest absolute Gasteiger partial charge is 0.274 e.